The number of ether oxygens (including phenoxy) is 1. The molecule has 1 saturated heterocycles. The number of nitrogens with one attached hydrogen (secondary N) is 1. The van der Waals surface area contributed by atoms with Crippen LogP contribution in [-0.2, 0) is 26.1 Å². The molecule has 0 radical (unpaired) electrons. The van der Waals surface area contributed by atoms with Gasteiger partial charge in [0, 0.05) is 6.04 Å². The Kier molecular flexibility index (Phi) is 6.30. The molecule has 0 aromatic heterocycles. The SMILES string of the molecule is COc1ccc(CCNC2CS(=O)(=O)CC2S(=O)(=O)c2ccc(F)c(C)c2)cc1. The van der Waals surface area contributed by atoms with E-state index in [2.05, 4.69) is 5.32 Å². The first-order valence-corrected chi connectivity index (χ1v) is 12.6. The molecule has 0 bridgehead atoms. The zero-order valence-corrected chi connectivity index (χ0v) is 17.9. The molecule has 2 aromatic carbocycles. The van der Waals surface area contributed by atoms with Crippen molar-refractivity contribution < 1.29 is 26.0 Å². The Hall–Kier alpha value is -1.97. The van der Waals surface area contributed by atoms with Crippen LogP contribution in [0.2, 0.25) is 0 Å². The van der Waals surface area contributed by atoms with E-state index in [1.807, 2.05) is 24.3 Å². The third kappa shape index (κ3) is 4.96. The molecule has 2 aromatic rings. The fourth-order valence-corrected chi connectivity index (χ4v) is 8.27. The Labute approximate surface area is 170 Å². The second-order valence-electron chi connectivity index (χ2n) is 7.23. The molecular formula is C20H24FNO5S2. The highest BCUT2D eigenvalue weighted by Gasteiger charge is 2.45. The highest BCUT2D eigenvalue weighted by Crippen LogP contribution is 2.27. The number of halogens is 1. The van der Waals surface area contributed by atoms with Crippen molar-refractivity contribution in [2.75, 3.05) is 25.2 Å². The van der Waals surface area contributed by atoms with Gasteiger partial charge in [0.15, 0.2) is 19.7 Å². The predicted molar refractivity (Wildman–Crippen MR) is 109 cm³/mol. The smallest absolute Gasteiger partial charge is 0.183 e. The van der Waals surface area contributed by atoms with Crippen molar-refractivity contribution in [3.8, 4) is 5.75 Å². The molecule has 0 amide bonds. The molecule has 1 heterocycles. The lowest BCUT2D eigenvalue weighted by Gasteiger charge is -2.20. The summed E-state index contributed by atoms with van der Waals surface area (Å²) in [5.74, 6) is -0.437. The van der Waals surface area contributed by atoms with Gasteiger partial charge in [0.2, 0.25) is 0 Å². The average molecular weight is 442 g/mol. The molecule has 0 spiro atoms. The molecule has 0 aliphatic carbocycles. The summed E-state index contributed by atoms with van der Waals surface area (Å²) in [5, 5.41) is 2.00. The van der Waals surface area contributed by atoms with Crippen LogP contribution in [0, 0.1) is 12.7 Å². The first-order chi connectivity index (χ1) is 13.6. The van der Waals surface area contributed by atoms with E-state index in [9.17, 15) is 21.2 Å². The van der Waals surface area contributed by atoms with Gasteiger partial charge in [-0.25, -0.2) is 21.2 Å². The predicted octanol–water partition coefficient (Wildman–Crippen LogP) is 1.91. The molecule has 29 heavy (non-hydrogen) atoms. The van der Waals surface area contributed by atoms with Gasteiger partial charge in [-0.05, 0) is 61.3 Å². The van der Waals surface area contributed by atoms with Gasteiger partial charge >= 0.3 is 0 Å². The molecule has 9 heteroatoms. The number of methoxy groups -OCH3 is 1. The lowest BCUT2D eigenvalue weighted by atomic mass is 10.1. The van der Waals surface area contributed by atoms with Crippen molar-refractivity contribution in [3.05, 3.63) is 59.4 Å². The number of rotatable bonds is 7. The lowest BCUT2D eigenvalue weighted by molar-refractivity contribution is 0.414. The molecule has 1 N–H and O–H groups in total. The van der Waals surface area contributed by atoms with Crippen LogP contribution in [0.4, 0.5) is 4.39 Å². The van der Waals surface area contributed by atoms with Gasteiger partial charge in [-0.2, -0.15) is 0 Å². The van der Waals surface area contributed by atoms with Crippen molar-refractivity contribution in [1.82, 2.24) is 5.32 Å². The molecule has 158 valence electrons. The third-order valence-electron chi connectivity index (χ3n) is 5.14. The van der Waals surface area contributed by atoms with Crippen LogP contribution >= 0.6 is 0 Å². The second kappa shape index (κ2) is 8.41. The maximum Gasteiger partial charge on any atom is 0.183 e. The first-order valence-electron chi connectivity index (χ1n) is 9.19. The van der Waals surface area contributed by atoms with E-state index in [0.717, 1.165) is 17.4 Å². The number of aryl methyl sites for hydroxylation is 1. The van der Waals surface area contributed by atoms with Gasteiger partial charge in [-0.15, -0.1) is 0 Å². The maximum atomic E-state index is 13.5. The summed E-state index contributed by atoms with van der Waals surface area (Å²) in [7, 11) is -5.83. The van der Waals surface area contributed by atoms with Crippen LogP contribution in [0.1, 0.15) is 11.1 Å². The van der Waals surface area contributed by atoms with Gasteiger partial charge in [0.1, 0.15) is 11.6 Å². The van der Waals surface area contributed by atoms with Crippen LogP contribution in [0.5, 0.6) is 5.75 Å². The number of benzene rings is 2. The Balaban J connectivity index is 1.75. The lowest BCUT2D eigenvalue weighted by Crippen LogP contribution is -2.44. The van der Waals surface area contributed by atoms with Crippen molar-refractivity contribution in [1.29, 1.82) is 0 Å². The van der Waals surface area contributed by atoms with E-state index < -0.39 is 42.5 Å². The fraction of sp³-hybridized carbons (Fsp3) is 0.400. The van der Waals surface area contributed by atoms with Crippen LogP contribution in [0.25, 0.3) is 0 Å². The molecule has 1 fully saturated rings. The number of hydrogen-bond acceptors (Lipinski definition) is 6. The molecule has 3 rings (SSSR count). The summed E-state index contributed by atoms with van der Waals surface area (Å²) in [6.45, 7) is 1.91. The van der Waals surface area contributed by atoms with Crippen LogP contribution in [0.3, 0.4) is 0 Å². The monoisotopic (exact) mass is 441 g/mol. The minimum absolute atomic E-state index is 0.0551. The highest BCUT2D eigenvalue weighted by atomic mass is 32.2. The number of hydrogen-bond donors (Lipinski definition) is 1. The average Bonchev–Trinajstić information content (AvgIpc) is 2.99. The van der Waals surface area contributed by atoms with Gasteiger partial charge in [0.05, 0.1) is 28.8 Å². The summed E-state index contributed by atoms with van der Waals surface area (Å²) in [4.78, 5) is -0.0551. The van der Waals surface area contributed by atoms with Gasteiger partial charge in [0.25, 0.3) is 0 Å². The molecule has 1 aliphatic rings. The topological polar surface area (TPSA) is 89.5 Å². The number of sulfone groups is 2. The molecular weight excluding hydrogens is 417 g/mol. The Morgan fingerprint density at radius 2 is 1.83 bits per heavy atom. The fourth-order valence-electron chi connectivity index (χ4n) is 3.47. The summed E-state index contributed by atoms with van der Waals surface area (Å²) < 4.78 is 69.1. The first kappa shape index (κ1) is 21.7. The quantitative estimate of drug-likeness (QED) is 0.661. The third-order valence-corrected chi connectivity index (χ3v) is 9.28. The zero-order chi connectivity index (χ0) is 21.2. The highest BCUT2D eigenvalue weighted by molar-refractivity contribution is 7.96. The summed E-state index contributed by atoms with van der Waals surface area (Å²) in [6, 6.07) is 10.3. The van der Waals surface area contributed by atoms with Crippen LogP contribution in [-0.4, -0.2) is 53.3 Å². The standard InChI is InChI=1S/C20H24FNO5S2/c1-14-11-17(7-8-18(14)21)29(25,26)20-13-28(23,24)12-19(20)22-10-9-15-3-5-16(27-2)6-4-15/h3-8,11,19-20,22H,9-10,12-13H2,1-2H3. The van der Waals surface area contributed by atoms with E-state index in [-0.39, 0.29) is 16.2 Å². The molecule has 1 aliphatic heterocycles. The van der Waals surface area contributed by atoms with E-state index >= 15 is 0 Å². The van der Waals surface area contributed by atoms with Gasteiger partial charge < -0.3 is 10.1 Å². The Bertz CT molecular complexity index is 1080. The minimum Gasteiger partial charge on any atom is -0.497 e. The summed E-state index contributed by atoms with van der Waals surface area (Å²) >= 11 is 0. The van der Waals surface area contributed by atoms with E-state index in [0.29, 0.717) is 13.0 Å². The van der Waals surface area contributed by atoms with Crippen molar-refractivity contribution in [2.24, 2.45) is 0 Å². The second-order valence-corrected chi connectivity index (χ2v) is 11.6. The van der Waals surface area contributed by atoms with Gasteiger partial charge in [-0.3, -0.25) is 0 Å². The van der Waals surface area contributed by atoms with Crippen molar-refractivity contribution >= 4 is 19.7 Å². The molecule has 6 nitrogen and oxygen atoms in total. The zero-order valence-electron chi connectivity index (χ0n) is 16.3. The largest absolute Gasteiger partial charge is 0.497 e. The Morgan fingerprint density at radius 1 is 1.14 bits per heavy atom. The van der Waals surface area contributed by atoms with E-state index in [1.54, 1.807) is 7.11 Å². The van der Waals surface area contributed by atoms with E-state index in [1.165, 1.54) is 19.1 Å². The van der Waals surface area contributed by atoms with Gasteiger partial charge in [-0.1, -0.05) is 12.1 Å². The molecule has 0 saturated carbocycles. The Morgan fingerprint density at radius 3 is 2.45 bits per heavy atom. The maximum absolute atomic E-state index is 13.5. The normalized spacial score (nSPS) is 21.2. The van der Waals surface area contributed by atoms with E-state index in [4.69, 9.17) is 4.74 Å². The van der Waals surface area contributed by atoms with Crippen LogP contribution in [0.15, 0.2) is 47.4 Å². The van der Waals surface area contributed by atoms with Crippen LogP contribution < -0.4 is 10.1 Å². The summed E-state index contributed by atoms with van der Waals surface area (Å²) in [5.41, 5.74) is 1.23. The van der Waals surface area contributed by atoms with Crippen molar-refractivity contribution in [3.63, 3.8) is 0 Å². The molecule has 2 atom stereocenters. The van der Waals surface area contributed by atoms with Crippen molar-refractivity contribution in [2.45, 2.75) is 29.5 Å². The minimum atomic E-state index is -3.93. The summed E-state index contributed by atoms with van der Waals surface area (Å²) in [6.07, 6.45) is 0.614. The molecule has 2 unspecified atom stereocenters.